The first-order valence-corrected chi connectivity index (χ1v) is 8.79. The van der Waals surface area contributed by atoms with E-state index in [2.05, 4.69) is 5.16 Å². The zero-order valence-corrected chi connectivity index (χ0v) is 14.1. The summed E-state index contributed by atoms with van der Waals surface area (Å²) in [4.78, 5) is 16.0. The van der Waals surface area contributed by atoms with Gasteiger partial charge in [-0.1, -0.05) is 0 Å². The minimum absolute atomic E-state index is 0.230. The molecule has 0 unspecified atom stereocenters. The number of nitrogens with one attached hydrogen (secondary N) is 1. The summed E-state index contributed by atoms with van der Waals surface area (Å²) in [6.07, 6.45) is 3.47. The molecule has 1 saturated carbocycles. The van der Waals surface area contributed by atoms with Crippen LogP contribution < -0.4 is 15.0 Å². The normalized spacial score (nSPS) is 16.0. The maximum atomic E-state index is 11.2. The number of fused-ring (bicyclic) bond motifs is 1. The predicted molar refractivity (Wildman–Crippen MR) is 91.1 cm³/mol. The van der Waals surface area contributed by atoms with Crippen molar-refractivity contribution in [3.8, 4) is 17.2 Å². The van der Waals surface area contributed by atoms with Crippen LogP contribution in [0.4, 0.5) is 0 Å². The van der Waals surface area contributed by atoms with E-state index in [-0.39, 0.29) is 5.56 Å². The highest BCUT2D eigenvalue weighted by Crippen LogP contribution is 2.39. The fraction of sp³-hybridized carbons (Fsp3) is 0.389. The highest BCUT2D eigenvalue weighted by molar-refractivity contribution is 5.49. The molecule has 1 N–H and O–H groups in total. The topological polar surface area (TPSA) is 95.2 Å². The Morgan fingerprint density at radius 1 is 1.12 bits per heavy atom. The number of benzene rings is 1. The van der Waals surface area contributed by atoms with Crippen molar-refractivity contribution in [1.29, 1.82) is 0 Å². The van der Waals surface area contributed by atoms with Crippen LogP contribution in [-0.2, 0) is 12.8 Å². The summed E-state index contributed by atoms with van der Waals surface area (Å²) in [6, 6.07) is 7.25. The van der Waals surface area contributed by atoms with Crippen LogP contribution in [0, 0.1) is 0 Å². The van der Waals surface area contributed by atoms with Gasteiger partial charge < -0.3 is 14.0 Å². The Hall–Kier alpha value is -3.03. The van der Waals surface area contributed by atoms with Gasteiger partial charge in [-0.25, -0.2) is 9.67 Å². The molecule has 5 rings (SSSR count). The second-order valence-electron chi connectivity index (χ2n) is 6.58. The van der Waals surface area contributed by atoms with E-state index >= 15 is 0 Å². The molecule has 0 saturated heterocycles. The van der Waals surface area contributed by atoms with Gasteiger partial charge in [0, 0.05) is 30.9 Å². The van der Waals surface area contributed by atoms with E-state index in [9.17, 15) is 4.79 Å². The lowest BCUT2D eigenvalue weighted by molar-refractivity contribution is 0.171. The van der Waals surface area contributed by atoms with Crippen LogP contribution in [-0.4, -0.2) is 33.1 Å². The maximum absolute atomic E-state index is 11.2. The number of hydrogen-bond donors (Lipinski definition) is 1. The standard InChI is InChI=1S/C18H18N4O4/c23-17-10-13(26-21-17)4-6-16-19-18(11-1-2-11)20-22(16)12-3-5-14-15(9-12)25-8-7-24-14/h3,5,9-11H,1-2,4,6-8H2,(H,21,23). The number of ether oxygens (including phenoxy) is 2. The molecule has 1 aliphatic carbocycles. The summed E-state index contributed by atoms with van der Waals surface area (Å²) < 4.78 is 18.3. The Kier molecular flexibility index (Phi) is 3.55. The van der Waals surface area contributed by atoms with Crippen molar-refractivity contribution in [2.75, 3.05) is 13.2 Å². The lowest BCUT2D eigenvalue weighted by Gasteiger charge is -2.19. The third-order valence-corrected chi connectivity index (χ3v) is 4.57. The van der Waals surface area contributed by atoms with E-state index in [0.29, 0.717) is 37.7 Å². The monoisotopic (exact) mass is 354 g/mol. The molecule has 0 spiro atoms. The fourth-order valence-electron chi connectivity index (χ4n) is 3.09. The molecule has 3 aromatic rings. The summed E-state index contributed by atoms with van der Waals surface area (Å²) in [5.74, 6) is 4.26. The molecule has 3 heterocycles. The molecule has 0 amide bonds. The first kappa shape index (κ1) is 15.2. The van der Waals surface area contributed by atoms with Gasteiger partial charge in [0.05, 0.1) is 5.69 Å². The van der Waals surface area contributed by atoms with Crippen molar-refractivity contribution in [2.24, 2.45) is 0 Å². The Morgan fingerprint density at radius 2 is 1.96 bits per heavy atom. The molecular formula is C18H18N4O4. The molecule has 2 aromatic heterocycles. The van der Waals surface area contributed by atoms with Crippen LogP contribution in [0.15, 0.2) is 33.6 Å². The van der Waals surface area contributed by atoms with Crippen LogP contribution in [0.1, 0.15) is 36.2 Å². The number of aromatic nitrogens is 4. The highest BCUT2D eigenvalue weighted by Gasteiger charge is 2.29. The van der Waals surface area contributed by atoms with Crippen molar-refractivity contribution in [3.05, 3.63) is 52.0 Å². The Labute approximate surface area is 148 Å². The van der Waals surface area contributed by atoms with E-state index in [4.69, 9.17) is 24.1 Å². The van der Waals surface area contributed by atoms with Crippen LogP contribution in [0.5, 0.6) is 11.5 Å². The van der Waals surface area contributed by atoms with E-state index in [0.717, 1.165) is 41.7 Å². The molecule has 2 aliphatic rings. The van der Waals surface area contributed by atoms with Gasteiger partial charge in [0.25, 0.3) is 5.56 Å². The van der Waals surface area contributed by atoms with Crippen molar-refractivity contribution in [3.63, 3.8) is 0 Å². The molecule has 0 bridgehead atoms. The summed E-state index contributed by atoms with van der Waals surface area (Å²) in [6.45, 7) is 1.11. The second-order valence-corrected chi connectivity index (χ2v) is 6.58. The summed E-state index contributed by atoms with van der Waals surface area (Å²) in [5, 5.41) is 7.03. The molecule has 26 heavy (non-hydrogen) atoms. The van der Waals surface area contributed by atoms with Crippen molar-refractivity contribution in [1.82, 2.24) is 19.9 Å². The largest absolute Gasteiger partial charge is 0.486 e. The molecule has 134 valence electrons. The van der Waals surface area contributed by atoms with Crippen LogP contribution in [0.2, 0.25) is 0 Å². The SMILES string of the molecule is O=c1cc(CCc2nc(C3CC3)nn2-c2ccc3c(c2)OCCO3)o[nH]1. The molecule has 8 heteroatoms. The van der Waals surface area contributed by atoms with E-state index in [1.54, 1.807) is 0 Å². The average molecular weight is 354 g/mol. The van der Waals surface area contributed by atoms with Gasteiger partial charge in [-0.2, -0.15) is 10.3 Å². The minimum Gasteiger partial charge on any atom is -0.486 e. The van der Waals surface area contributed by atoms with Gasteiger partial charge in [0.2, 0.25) is 0 Å². The van der Waals surface area contributed by atoms with Gasteiger partial charge >= 0.3 is 0 Å². The first-order chi connectivity index (χ1) is 12.8. The summed E-state index contributed by atoms with van der Waals surface area (Å²) in [5.41, 5.74) is 0.658. The Morgan fingerprint density at radius 3 is 2.73 bits per heavy atom. The molecule has 0 atom stereocenters. The average Bonchev–Trinajstić information content (AvgIpc) is 3.30. The number of rotatable bonds is 5. The molecule has 0 radical (unpaired) electrons. The van der Waals surface area contributed by atoms with E-state index < -0.39 is 0 Å². The third-order valence-electron chi connectivity index (χ3n) is 4.57. The first-order valence-electron chi connectivity index (χ1n) is 8.79. The second kappa shape index (κ2) is 6.05. The summed E-state index contributed by atoms with van der Waals surface area (Å²) >= 11 is 0. The van der Waals surface area contributed by atoms with Crippen molar-refractivity contribution < 1.29 is 14.0 Å². The zero-order chi connectivity index (χ0) is 17.5. The van der Waals surface area contributed by atoms with Crippen LogP contribution >= 0.6 is 0 Å². The number of nitrogens with zero attached hydrogens (tertiary/aromatic N) is 3. The maximum Gasteiger partial charge on any atom is 0.280 e. The molecular weight excluding hydrogens is 336 g/mol. The summed E-state index contributed by atoms with van der Waals surface area (Å²) in [7, 11) is 0. The quantitative estimate of drug-likeness (QED) is 0.753. The van der Waals surface area contributed by atoms with Gasteiger partial charge in [0.15, 0.2) is 17.3 Å². The fourth-order valence-corrected chi connectivity index (χ4v) is 3.09. The van der Waals surface area contributed by atoms with E-state index in [1.165, 1.54) is 6.07 Å². The van der Waals surface area contributed by atoms with Gasteiger partial charge in [-0.15, -0.1) is 0 Å². The number of H-pyrrole nitrogens is 1. The van der Waals surface area contributed by atoms with Crippen molar-refractivity contribution >= 4 is 0 Å². The minimum atomic E-state index is -0.230. The molecule has 1 fully saturated rings. The smallest absolute Gasteiger partial charge is 0.280 e. The molecule has 1 aromatic carbocycles. The van der Waals surface area contributed by atoms with Crippen LogP contribution in [0.3, 0.4) is 0 Å². The molecule has 8 nitrogen and oxygen atoms in total. The molecule has 1 aliphatic heterocycles. The number of hydrogen-bond acceptors (Lipinski definition) is 6. The number of aryl methyl sites for hydroxylation is 2. The lowest BCUT2D eigenvalue weighted by Crippen LogP contribution is -2.15. The van der Waals surface area contributed by atoms with Crippen molar-refractivity contribution in [2.45, 2.75) is 31.6 Å². The van der Waals surface area contributed by atoms with Gasteiger partial charge in [0.1, 0.15) is 24.8 Å². The predicted octanol–water partition coefficient (Wildman–Crippen LogP) is 1.98. The van der Waals surface area contributed by atoms with Gasteiger partial charge in [-0.05, 0) is 25.0 Å². The number of aromatic amines is 1. The third kappa shape index (κ3) is 2.87. The lowest BCUT2D eigenvalue weighted by atomic mass is 10.2. The van der Waals surface area contributed by atoms with Gasteiger partial charge in [-0.3, -0.25) is 4.79 Å². The Balaban J connectivity index is 1.47. The highest BCUT2D eigenvalue weighted by atomic mass is 16.6. The van der Waals surface area contributed by atoms with E-state index in [1.807, 2.05) is 22.9 Å². The van der Waals surface area contributed by atoms with Crippen LogP contribution in [0.25, 0.3) is 5.69 Å². The zero-order valence-electron chi connectivity index (χ0n) is 14.1. The Bertz CT molecular complexity index is 999.